The summed E-state index contributed by atoms with van der Waals surface area (Å²) in [4.78, 5) is 11.3. The van der Waals surface area contributed by atoms with Gasteiger partial charge in [-0.25, -0.2) is 4.79 Å². The van der Waals surface area contributed by atoms with Gasteiger partial charge in [-0.05, 0) is 25.3 Å². The number of ether oxygens (including phenoxy) is 1. The van der Waals surface area contributed by atoms with E-state index < -0.39 is 14.9 Å². The van der Waals surface area contributed by atoms with Crippen LogP contribution in [0, 0.1) is 0 Å². The minimum absolute atomic E-state index is 0.452. The number of hydrogen-bond donors (Lipinski definition) is 1. The van der Waals surface area contributed by atoms with Crippen molar-refractivity contribution < 1.29 is 22.8 Å². The molecule has 0 aromatic carbocycles. The van der Waals surface area contributed by atoms with Crippen LogP contribution in [0.15, 0.2) is 11.8 Å². The minimum Gasteiger partial charge on any atom is -0.418 e. The van der Waals surface area contributed by atoms with Crippen molar-refractivity contribution in [3.8, 4) is 0 Å². The molecule has 0 aliphatic carbocycles. The molecule has 0 fully saturated rings. The largest absolute Gasteiger partial charge is 0.500 e. The molecule has 7 heteroatoms. The lowest BCUT2D eigenvalue weighted by Crippen LogP contribution is -2.43. The molecule has 1 N–H and O–H groups in total. The van der Waals surface area contributed by atoms with Crippen molar-refractivity contribution >= 4 is 14.9 Å². The molecule has 1 amide bonds. The number of alkyl carbamates (subject to hydrolysis) is 1. The summed E-state index contributed by atoms with van der Waals surface area (Å²) in [5.41, 5.74) is 1.01. The molecule has 0 heterocycles. The zero-order valence-corrected chi connectivity index (χ0v) is 13.4. The highest BCUT2D eigenvalue weighted by Crippen LogP contribution is 2.14. The molecule has 6 nitrogen and oxygen atoms in total. The van der Waals surface area contributed by atoms with Crippen LogP contribution >= 0.6 is 0 Å². The highest BCUT2D eigenvalue weighted by molar-refractivity contribution is 6.60. The Kier molecular flexibility index (Phi) is 9.49. The predicted octanol–water partition coefficient (Wildman–Crippen LogP) is 2.29. The second-order valence-electron chi connectivity index (χ2n) is 4.05. The van der Waals surface area contributed by atoms with Gasteiger partial charge in [-0.15, -0.1) is 0 Å². The number of carbonyl (C=O) groups excluding carboxylic acids is 1. The van der Waals surface area contributed by atoms with Crippen LogP contribution in [0.3, 0.4) is 0 Å². The quantitative estimate of drug-likeness (QED) is 0.401. The molecule has 112 valence electrons. The van der Waals surface area contributed by atoms with Gasteiger partial charge >= 0.3 is 14.9 Å². The molecule has 0 aliphatic rings. The van der Waals surface area contributed by atoms with E-state index in [4.69, 9.17) is 18.0 Å². The van der Waals surface area contributed by atoms with E-state index in [2.05, 4.69) is 5.32 Å². The molecule has 19 heavy (non-hydrogen) atoms. The number of amides is 1. The van der Waals surface area contributed by atoms with E-state index in [1.165, 1.54) is 6.26 Å². The van der Waals surface area contributed by atoms with Gasteiger partial charge in [0, 0.05) is 33.9 Å². The fourth-order valence-electron chi connectivity index (χ4n) is 1.33. The molecule has 0 aromatic rings. The van der Waals surface area contributed by atoms with Gasteiger partial charge in [0.05, 0.1) is 6.26 Å². The van der Waals surface area contributed by atoms with E-state index in [-0.39, 0.29) is 0 Å². The van der Waals surface area contributed by atoms with Crippen LogP contribution in [-0.4, -0.2) is 42.8 Å². The summed E-state index contributed by atoms with van der Waals surface area (Å²) in [7, 11) is 2.17. The zero-order valence-electron chi connectivity index (χ0n) is 12.4. The Hall–Kier alpha value is -0.893. The monoisotopic (exact) mass is 291 g/mol. The van der Waals surface area contributed by atoms with Crippen molar-refractivity contribution in [2.45, 2.75) is 32.7 Å². The molecule has 0 unspecified atom stereocenters. The molecule has 0 saturated carbocycles. The molecule has 0 aliphatic heterocycles. The van der Waals surface area contributed by atoms with Crippen LogP contribution in [0.4, 0.5) is 4.79 Å². The number of carbonyl (C=O) groups is 1. The van der Waals surface area contributed by atoms with E-state index in [1.807, 2.05) is 13.8 Å². The van der Waals surface area contributed by atoms with Crippen molar-refractivity contribution in [1.82, 2.24) is 5.32 Å². The number of hydrogen-bond acceptors (Lipinski definition) is 5. The van der Waals surface area contributed by atoms with Crippen molar-refractivity contribution in [1.29, 1.82) is 0 Å². The molecule has 0 radical (unpaired) electrons. The number of allylic oxidation sites excluding steroid dienone is 1. The molecular weight excluding hydrogens is 266 g/mol. The molecule has 0 bridgehead atoms. The molecule has 0 rings (SSSR count). The first-order chi connectivity index (χ1) is 9.03. The van der Waals surface area contributed by atoms with Crippen LogP contribution in [0.2, 0.25) is 6.04 Å². The maximum Gasteiger partial charge on any atom is 0.500 e. The summed E-state index contributed by atoms with van der Waals surface area (Å²) in [6.07, 6.45) is 2.57. The smallest absolute Gasteiger partial charge is 0.418 e. The second-order valence-corrected chi connectivity index (χ2v) is 7.14. The second kappa shape index (κ2) is 9.96. The summed E-state index contributed by atoms with van der Waals surface area (Å²) in [6, 6.07) is 0.639. The maximum absolute atomic E-state index is 11.3. The number of nitrogens with one attached hydrogen (secondary N) is 1. The lowest BCUT2D eigenvalue weighted by Gasteiger charge is -2.24. The average Bonchev–Trinajstić information content (AvgIpc) is 2.45. The third kappa shape index (κ3) is 7.31. The summed E-state index contributed by atoms with van der Waals surface area (Å²) >= 11 is 0. The van der Waals surface area contributed by atoms with Crippen molar-refractivity contribution in [2.75, 3.05) is 27.9 Å². The van der Waals surface area contributed by atoms with Crippen LogP contribution < -0.4 is 5.32 Å². The van der Waals surface area contributed by atoms with Crippen LogP contribution in [0.25, 0.3) is 0 Å². The van der Waals surface area contributed by atoms with Gasteiger partial charge in [-0.1, -0.05) is 6.92 Å². The first-order valence-electron chi connectivity index (χ1n) is 6.29. The van der Waals surface area contributed by atoms with E-state index >= 15 is 0 Å². The van der Waals surface area contributed by atoms with Crippen molar-refractivity contribution in [3.63, 3.8) is 0 Å². The Morgan fingerprint density at radius 3 is 2.26 bits per heavy atom. The summed E-state index contributed by atoms with van der Waals surface area (Å²) < 4.78 is 20.7. The maximum atomic E-state index is 11.3. The normalized spacial score (nSPS) is 12.4. The molecule has 0 aromatic heterocycles. The lowest BCUT2D eigenvalue weighted by molar-refractivity contribution is 0.122. The fourth-order valence-corrected chi connectivity index (χ4v) is 3.05. The highest BCUT2D eigenvalue weighted by Gasteiger charge is 2.36. The van der Waals surface area contributed by atoms with Gasteiger partial charge in [0.2, 0.25) is 0 Å². The van der Waals surface area contributed by atoms with Gasteiger partial charge in [0.25, 0.3) is 0 Å². The van der Waals surface area contributed by atoms with Crippen molar-refractivity contribution in [2.24, 2.45) is 0 Å². The van der Waals surface area contributed by atoms with Crippen LogP contribution in [0.5, 0.6) is 0 Å². The molecule has 0 spiro atoms. The first kappa shape index (κ1) is 18.1. The summed E-state index contributed by atoms with van der Waals surface area (Å²) in [5, 5.41) is 2.66. The van der Waals surface area contributed by atoms with Gasteiger partial charge in [0.1, 0.15) is 0 Å². The van der Waals surface area contributed by atoms with E-state index in [1.54, 1.807) is 21.3 Å². The lowest BCUT2D eigenvalue weighted by atomic mass is 10.3. The Bertz CT molecular complexity index is 284. The van der Waals surface area contributed by atoms with Crippen LogP contribution in [-0.2, 0) is 18.0 Å². The first-order valence-corrected chi connectivity index (χ1v) is 8.22. The highest BCUT2D eigenvalue weighted by atomic mass is 28.4. The Balaban J connectivity index is 3.88. The van der Waals surface area contributed by atoms with Gasteiger partial charge in [-0.3, -0.25) is 0 Å². The van der Waals surface area contributed by atoms with Gasteiger partial charge < -0.3 is 23.3 Å². The molecule has 0 atom stereocenters. The average molecular weight is 291 g/mol. The molecular formula is C12H25NO5Si. The standard InChI is InChI=1S/C12H25NO5Si/c1-6-11(2)10-18-12(14)13-8-7-9-19(15-3,16-4)17-5/h10H,6-9H2,1-5H3,(H,13,14). The summed E-state index contributed by atoms with van der Waals surface area (Å²) in [5.74, 6) is 0. The van der Waals surface area contributed by atoms with E-state index in [0.29, 0.717) is 19.0 Å². The Morgan fingerprint density at radius 1 is 1.21 bits per heavy atom. The van der Waals surface area contributed by atoms with E-state index in [9.17, 15) is 4.79 Å². The minimum atomic E-state index is -2.54. The topological polar surface area (TPSA) is 66.0 Å². The Labute approximate surface area is 116 Å². The Morgan fingerprint density at radius 2 is 1.79 bits per heavy atom. The molecule has 0 saturated heterocycles. The van der Waals surface area contributed by atoms with Crippen LogP contribution in [0.1, 0.15) is 26.7 Å². The third-order valence-corrected chi connectivity index (χ3v) is 5.62. The zero-order chi connectivity index (χ0) is 14.7. The predicted molar refractivity (Wildman–Crippen MR) is 74.7 cm³/mol. The third-order valence-electron chi connectivity index (χ3n) is 2.79. The SMILES string of the molecule is CCC(C)=COC(=O)NCCC[Si](OC)(OC)OC. The van der Waals surface area contributed by atoms with Gasteiger partial charge in [0.15, 0.2) is 0 Å². The number of rotatable bonds is 9. The van der Waals surface area contributed by atoms with Gasteiger partial charge in [-0.2, -0.15) is 0 Å². The van der Waals surface area contributed by atoms with E-state index in [0.717, 1.165) is 12.0 Å². The van der Waals surface area contributed by atoms with Crippen molar-refractivity contribution in [3.05, 3.63) is 11.8 Å². The summed E-state index contributed by atoms with van der Waals surface area (Å²) in [6.45, 7) is 4.39. The fraction of sp³-hybridized carbons (Fsp3) is 0.750.